The van der Waals surface area contributed by atoms with Crippen molar-refractivity contribution in [3.05, 3.63) is 58.9 Å². The number of benzene rings is 1. The first kappa shape index (κ1) is 16.3. The van der Waals surface area contributed by atoms with Crippen LogP contribution < -0.4 is 5.32 Å². The minimum atomic E-state index is -0.0152. The van der Waals surface area contributed by atoms with Gasteiger partial charge in [-0.25, -0.2) is 0 Å². The fraction of sp³-hybridized carbons (Fsp3) is 0.389. The first-order chi connectivity index (χ1) is 10.4. The second-order valence-corrected chi connectivity index (χ2v) is 5.97. The van der Waals surface area contributed by atoms with Crippen molar-refractivity contribution in [2.45, 2.75) is 19.9 Å². The van der Waals surface area contributed by atoms with Crippen LogP contribution in [-0.2, 0) is 7.05 Å². The summed E-state index contributed by atoms with van der Waals surface area (Å²) in [5, 5.41) is 3.07. The van der Waals surface area contributed by atoms with Gasteiger partial charge in [0.05, 0.1) is 11.6 Å². The number of nitrogens with zero attached hydrogens (tertiary/aromatic N) is 2. The van der Waals surface area contributed by atoms with E-state index < -0.39 is 0 Å². The lowest BCUT2D eigenvalue weighted by Gasteiger charge is -2.26. The van der Waals surface area contributed by atoms with Crippen molar-refractivity contribution in [2.75, 3.05) is 20.6 Å². The minimum Gasteiger partial charge on any atom is -0.354 e. The SMILES string of the molecule is Cc1ccccc1[C@H](CNC(=O)c1ccn(C)c1C)N(C)C. The molecule has 1 amide bonds. The summed E-state index contributed by atoms with van der Waals surface area (Å²) in [4.78, 5) is 14.5. The Morgan fingerprint density at radius 1 is 1.23 bits per heavy atom. The second-order valence-electron chi connectivity index (χ2n) is 5.97. The van der Waals surface area contributed by atoms with Crippen LogP contribution in [0.2, 0.25) is 0 Å². The number of nitrogens with one attached hydrogen (secondary N) is 1. The zero-order chi connectivity index (χ0) is 16.3. The van der Waals surface area contributed by atoms with Crippen molar-refractivity contribution in [3.8, 4) is 0 Å². The summed E-state index contributed by atoms with van der Waals surface area (Å²) in [5.74, 6) is -0.0152. The average Bonchev–Trinajstić information content (AvgIpc) is 2.80. The monoisotopic (exact) mass is 299 g/mol. The normalized spacial score (nSPS) is 12.5. The van der Waals surface area contributed by atoms with Crippen molar-refractivity contribution in [1.82, 2.24) is 14.8 Å². The van der Waals surface area contributed by atoms with Crippen LogP contribution in [0.1, 0.15) is 33.2 Å². The van der Waals surface area contributed by atoms with Crippen LogP contribution in [0.5, 0.6) is 0 Å². The molecule has 0 aliphatic carbocycles. The highest BCUT2D eigenvalue weighted by molar-refractivity contribution is 5.95. The van der Waals surface area contributed by atoms with Gasteiger partial charge in [-0.1, -0.05) is 24.3 Å². The number of hydrogen-bond acceptors (Lipinski definition) is 2. The molecule has 0 spiro atoms. The zero-order valence-corrected chi connectivity index (χ0v) is 14.1. The maximum absolute atomic E-state index is 12.4. The molecule has 2 aromatic rings. The van der Waals surface area contributed by atoms with Crippen LogP contribution in [0, 0.1) is 13.8 Å². The summed E-state index contributed by atoms with van der Waals surface area (Å²) >= 11 is 0. The number of likely N-dealkylation sites (N-methyl/N-ethyl adjacent to an activating group) is 1. The number of aryl methyl sites for hydroxylation is 2. The molecule has 4 nitrogen and oxygen atoms in total. The van der Waals surface area contributed by atoms with Crippen molar-refractivity contribution >= 4 is 5.91 Å². The van der Waals surface area contributed by atoms with Crippen molar-refractivity contribution < 1.29 is 4.79 Å². The molecule has 118 valence electrons. The van der Waals surface area contributed by atoms with E-state index in [2.05, 4.69) is 29.3 Å². The molecule has 0 aliphatic heterocycles. The van der Waals surface area contributed by atoms with E-state index in [1.165, 1.54) is 11.1 Å². The summed E-state index contributed by atoms with van der Waals surface area (Å²) < 4.78 is 1.96. The highest BCUT2D eigenvalue weighted by Gasteiger charge is 2.18. The Kier molecular flexibility index (Phi) is 5.03. The molecule has 2 rings (SSSR count). The molecule has 0 unspecified atom stereocenters. The van der Waals surface area contributed by atoms with Gasteiger partial charge in [-0.15, -0.1) is 0 Å². The van der Waals surface area contributed by atoms with E-state index in [4.69, 9.17) is 0 Å². The van der Waals surface area contributed by atoms with Gasteiger partial charge in [-0.05, 0) is 45.1 Å². The van der Waals surface area contributed by atoms with Gasteiger partial charge in [0.1, 0.15) is 0 Å². The molecular formula is C18H25N3O. The number of rotatable bonds is 5. The molecule has 0 radical (unpaired) electrons. The van der Waals surface area contributed by atoms with Gasteiger partial charge in [-0.2, -0.15) is 0 Å². The first-order valence-corrected chi connectivity index (χ1v) is 7.54. The maximum atomic E-state index is 12.4. The molecule has 4 heteroatoms. The van der Waals surface area contributed by atoms with Gasteiger partial charge in [0.2, 0.25) is 0 Å². The Balaban J connectivity index is 2.12. The molecule has 0 fully saturated rings. The van der Waals surface area contributed by atoms with E-state index in [0.29, 0.717) is 6.54 Å². The molecule has 0 saturated carbocycles. The molecule has 1 N–H and O–H groups in total. The lowest BCUT2D eigenvalue weighted by molar-refractivity contribution is 0.0941. The predicted molar refractivity (Wildman–Crippen MR) is 90.1 cm³/mol. The Morgan fingerprint density at radius 2 is 1.91 bits per heavy atom. The molecule has 1 heterocycles. The summed E-state index contributed by atoms with van der Waals surface area (Å²) in [6.07, 6.45) is 1.91. The standard InChI is InChI=1S/C18H25N3O/c1-13-8-6-7-9-15(13)17(20(3)4)12-19-18(22)16-10-11-21(5)14(16)2/h6-11,17H,12H2,1-5H3,(H,19,22)/t17-/m0/s1. The van der Waals surface area contributed by atoms with E-state index in [-0.39, 0.29) is 11.9 Å². The van der Waals surface area contributed by atoms with Crippen molar-refractivity contribution in [3.63, 3.8) is 0 Å². The summed E-state index contributed by atoms with van der Waals surface area (Å²) in [6.45, 7) is 4.65. The van der Waals surface area contributed by atoms with Gasteiger partial charge in [-0.3, -0.25) is 4.79 Å². The van der Waals surface area contributed by atoms with Crippen LogP contribution in [-0.4, -0.2) is 36.0 Å². The van der Waals surface area contributed by atoms with E-state index in [1.807, 2.05) is 57.0 Å². The maximum Gasteiger partial charge on any atom is 0.253 e. The fourth-order valence-corrected chi connectivity index (χ4v) is 2.66. The Bertz CT molecular complexity index is 658. The largest absolute Gasteiger partial charge is 0.354 e. The summed E-state index contributed by atoms with van der Waals surface area (Å²) in [6, 6.07) is 10.3. The zero-order valence-electron chi connectivity index (χ0n) is 14.1. The summed E-state index contributed by atoms with van der Waals surface area (Å²) in [7, 11) is 6.02. The van der Waals surface area contributed by atoms with Crippen LogP contribution in [0.4, 0.5) is 0 Å². The Labute approximate surface area is 132 Å². The topological polar surface area (TPSA) is 37.3 Å². The van der Waals surface area contributed by atoms with E-state index >= 15 is 0 Å². The van der Waals surface area contributed by atoms with Crippen LogP contribution >= 0.6 is 0 Å². The van der Waals surface area contributed by atoms with Crippen LogP contribution in [0.15, 0.2) is 36.5 Å². The van der Waals surface area contributed by atoms with Gasteiger partial charge in [0, 0.05) is 25.5 Å². The first-order valence-electron chi connectivity index (χ1n) is 7.54. The molecule has 22 heavy (non-hydrogen) atoms. The quantitative estimate of drug-likeness (QED) is 0.921. The van der Waals surface area contributed by atoms with E-state index in [0.717, 1.165) is 11.3 Å². The Hall–Kier alpha value is -2.07. The number of carbonyl (C=O) groups is 1. The minimum absolute atomic E-state index is 0.0152. The molecular weight excluding hydrogens is 274 g/mol. The second kappa shape index (κ2) is 6.79. The number of aromatic nitrogens is 1. The average molecular weight is 299 g/mol. The molecule has 1 aromatic heterocycles. The third-order valence-corrected chi connectivity index (χ3v) is 4.26. The lowest BCUT2D eigenvalue weighted by atomic mass is 10.0. The van der Waals surface area contributed by atoms with Crippen LogP contribution in [0.3, 0.4) is 0 Å². The highest BCUT2D eigenvalue weighted by Crippen LogP contribution is 2.21. The molecule has 0 aliphatic rings. The van der Waals surface area contributed by atoms with Crippen molar-refractivity contribution in [2.24, 2.45) is 7.05 Å². The van der Waals surface area contributed by atoms with Gasteiger partial charge >= 0.3 is 0 Å². The molecule has 1 atom stereocenters. The van der Waals surface area contributed by atoms with E-state index in [1.54, 1.807) is 0 Å². The molecule has 0 saturated heterocycles. The Morgan fingerprint density at radius 3 is 2.45 bits per heavy atom. The molecule has 0 bridgehead atoms. The number of amides is 1. The molecule has 1 aromatic carbocycles. The summed E-state index contributed by atoms with van der Waals surface area (Å²) in [5.41, 5.74) is 4.21. The van der Waals surface area contributed by atoms with Gasteiger partial charge in [0.15, 0.2) is 0 Å². The predicted octanol–water partition coefficient (Wildman–Crippen LogP) is 2.67. The lowest BCUT2D eigenvalue weighted by Crippen LogP contribution is -2.35. The van der Waals surface area contributed by atoms with Crippen molar-refractivity contribution in [1.29, 1.82) is 0 Å². The third-order valence-electron chi connectivity index (χ3n) is 4.26. The van der Waals surface area contributed by atoms with Crippen LogP contribution in [0.25, 0.3) is 0 Å². The third kappa shape index (κ3) is 3.39. The number of hydrogen-bond donors (Lipinski definition) is 1. The number of carbonyl (C=O) groups excluding carboxylic acids is 1. The van der Waals surface area contributed by atoms with E-state index in [9.17, 15) is 4.79 Å². The smallest absolute Gasteiger partial charge is 0.253 e. The highest BCUT2D eigenvalue weighted by atomic mass is 16.1. The van der Waals surface area contributed by atoms with Gasteiger partial charge < -0.3 is 14.8 Å². The fourth-order valence-electron chi connectivity index (χ4n) is 2.66. The van der Waals surface area contributed by atoms with Gasteiger partial charge in [0.25, 0.3) is 5.91 Å².